The first kappa shape index (κ1) is 19.1. The number of hydrogen-bond acceptors (Lipinski definition) is 3. The molecule has 5 heteroatoms. The maximum atomic E-state index is 12.5. The summed E-state index contributed by atoms with van der Waals surface area (Å²) in [7, 11) is 0. The lowest BCUT2D eigenvalue weighted by atomic mass is 10.1. The Morgan fingerprint density at radius 2 is 1.63 bits per heavy atom. The van der Waals surface area contributed by atoms with Crippen molar-refractivity contribution in [2.24, 2.45) is 0 Å². The zero-order chi connectivity index (χ0) is 19.1. The largest absolute Gasteiger partial charge is 0.434 e. The molecule has 0 aliphatic carbocycles. The molecule has 2 aromatic rings. The minimum atomic E-state index is -2.90. The Morgan fingerprint density at radius 1 is 0.963 bits per heavy atom. The van der Waals surface area contributed by atoms with Crippen LogP contribution in [0.3, 0.4) is 0 Å². The number of ether oxygens (including phenoxy) is 1. The fourth-order valence-electron chi connectivity index (χ4n) is 3.25. The van der Waals surface area contributed by atoms with E-state index in [9.17, 15) is 13.6 Å². The van der Waals surface area contributed by atoms with E-state index >= 15 is 0 Å². The molecule has 27 heavy (non-hydrogen) atoms. The number of nitrogens with zero attached hydrogens (tertiary/aromatic N) is 1. The molecule has 3 nitrogen and oxygen atoms in total. The molecule has 2 aromatic carbocycles. The van der Waals surface area contributed by atoms with Crippen LogP contribution in [0.15, 0.2) is 54.6 Å². The van der Waals surface area contributed by atoms with Gasteiger partial charge in [0.05, 0.1) is 0 Å². The molecule has 0 unspecified atom stereocenters. The van der Waals surface area contributed by atoms with Gasteiger partial charge >= 0.3 is 6.61 Å². The highest BCUT2D eigenvalue weighted by molar-refractivity contribution is 6.07. The summed E-state index contributed by atoms with van der Waals surface area (Å²) in [6.45, 7) is -0.802. The Morgan fingerprint density at radius 3 is 2.30 bits per heavy atom. The van der Waals surface area contributed by atoms with Gasteiger partial charge in [-0.05, 0) is 55.3 Å². The van der Waals surface area contributed by atoms with Gasteiger partial charge in [0.2, 0.25) is 0 Å². The third-order valence-electron chi connectivity index (χ3n) is 4.67. The van der Waals surface area contributed by atoms with Crippen molar-refractivity contribution >= 4 is 17.5 Å². The van der Waals surface area contributed by atoms with E-state index in [2.05, 4.69) is 9.64 Å². The number of benzene rings is 2. The average molecular weight is 371 g/mol. The average Bonchev–Trinajstić information content (AvgIpc) is 2.96. The molecule has 1 fully saturated rings. The van der Waals surface area contributed by atoms with E-state index in [1.54, 1.807) is 18.2 Å². The van der Waals surface area contributed by atoms with Crippen molar-refractivity contribution in [1.82, 2.24) is 0 Å². The third kappa shape index (κ3) is 5.39. The first-order valence-corrected chi connectivity index (χ1v) is 9.25. The fraction of sp³-hybridized carbons (Fsp3) is 0.318. The number of allylic oxidation sites excluding steroid dienone is 1. The molecule has 0 N–H and O–H groups in total. The van der Waals surface area contributed by atoms with E-state index in [-0.39, 0.29) is 11.5 Å². The number of anilines is 1. The zero-order valence-corrected chi connectivity index (χ0v) is 15.1. The molecule has 1 heterocycles. The summed E-state index contributed by atoms with van der Waals surface area (Å²) in [6, 6.07) is 14.0. The Kier molecular flexibility index (Phi) is 6.58. The normalized spacial score (nSPS) is 15.1. The van der Waals surface area contributed by atoms with Crippen molar-refractivity contribution in [3.05, 3.63) is 65.7 Å². The maximum absolute atomic E-state index is 12.5. The molecule has 1 aliphatic heterocycles. The fourth-order valence-corrected chi connectivity index (χ4v) is 3.25. The van der Waals surface area contributed by atoms with Crippen molar-refractivity contribution in [3.63, 3.8) is 0 Å². The van der Waals surface area contributed by atoms with Crippen LogP contribution in [0, 0.1) is 0 Å². The van der Waals surface area contributed by atoms with Gasteiger partial charge in [-0.25, -0.2) is 0 Å². The number of halogens is 2. The number of carbonyl (C=O) groups excluding carboxylic acids is 1. The van der Waals surface area contributed by atoms with Crippen LogP contribution in [-0.4, -0.2) is 25.5 Å². The third-order valence-corrected chi connectivity index (χ3v) is 4.67. The molecule has 0 spiro atoms. The summed E-state index contributed by atoms with van der Waals surface area (Å²) in [5.41, 5.74) is 2.14. The monoisotopic (exact) mass is 371 g/mol. The quantitative estimate of drug-likeness (QED) is 0.491. The molecular weight excluding hydrogens is 348 g/mol. The summed E-state index contributed by atoms with van der Waals surface area (Å²) in [5.74, 6) is -0.127. The lowest BCUT2D eigenvalue weighted by molar-refractivity contribution is -0.0499. The second-order valence-electron chi connectivity index (χ2n) is 6.56. The van der Waals surface area contributed by atoms with Crippen LogP contribution >= 0.6 is 0 Å². The maximum Gasteiger partial charge on any atom is 0.387 e. The van der Waals surface area contributed by atoms with Gasteiger partial charge < -0.3 is 9.64 Å². The molecule has 0 amide bonds. The van der Waals surface area contributed by atoms with Crippen LogP contribution in [0.1, 0.15) is 41.6 Å². The smallest absolute Gasteiger partial charge is 0.387 e. The summed E-state index contributed by atoms with van der Waals surface area (Å²) >= 11 is 0. The van der Waals surface area contributed by atoms with Crippen LogP contribution in [0.25, 0.3) is 6.08 Å². The van der Waals surface area contributed by atoms with Crippen LogP contribution in [0.2, 0.25) is 0 Å². The van der Waals surface area contributed by atoms with E-state index < -0.39 is 6.61 Å². The first-order valence-electron chi connectivity index (χ1n) is 9.25. The van der Waals surface area contributed by atoms with Crippen LogP contribution in [0.4, 0.5) is 14.5 Å². The van der Waals surface area contributed by atoms with E-state index in [0.717, 1.165) is 18.8 Å². The highest BCUT2D eigenvalue weighted by atomic mass is 19.3. The minimum absolute atomic E-state index is 0.0491. The highest BCUT2D eigenvalue weighted by Crippen LogP contribution is 2.23. The van der Waals surface area contributed by atoms with E-state index in [4.69, 9.17) is 0 Å². The standard InChI is InChI=1S/C22H23F2NO2/c23-22(24)27-21-8-4-3-7-18(21)11-14-20(26)17-9-12-19(13-10-17)25-15-5-1-2-6-16-25/h3-4,7-14,22H,1-2,5-6,15-16H2/b14-11+. The van der Waals surface area contributed by atoms with E-state index in [0.29, 0.717) is 11.1 Å². The minimum Gasteiger partial charge on any atom is -0.434 e. The van der Waals surface area contributed by atoms with Gasteiger partial charge in [0.25, 0.3) is 0 Å². The van der Waals surface area contributed by atoms with E-state index in [1.807, 2.05) is 24.3 Å². The number of rotatable bonds is 6. The Bertz CT molecular complexity index is 779. The second kappa shape index (κ2) is 9.31. The lowest BCUT2D eigenvalue weighted by Crippen LogP contribution is -2.23. The molecule has 0 radical (unpaired) electrons. The summed E-state index contributed by atoms with van der Waals surface area (Å²) < 4.78 is 29.4. The molecular formula is C22H23F2NO2. The Hall–Kier alpha value is -2.69. The number of alkyl halides is 2. The van der Waals surface area contributed by atoms with Crippen molar-refractivity contribution in [2.45, 2.75) is 32.3 Å². The predicted octanol–water partition coefficient (Wildman–Crippen LogP) is 5.56. The van der Waals surface area contributed by atoms with Gasteiger partial charge in [-0.15, -0.1) is 0 Å². The molecule has 0 aromatic heterocycles. The SMILES string of the molecule is O=C(/C=C/c1ccccc1OC(F)F)c1ccc(N2CCCCCC2)cc1. The topological polar surface area (TPSA) is 29.5 Å². The molecule has 0 atom stereocenters. The summed E-state index contributed by atoms with van der Waals surface area (Å²) in [6.07, 6.45) is 7.83. The Labute approximate surface area is 158 Å². The van der Waals surface area contributed by atoms with Gasteiger partial charge in [0.15, 0.2) is 5.78 Å². The number of hydrogen-bond donors (Lipinski definition) is 0. The van der Waals surface area contributed by atoms with Gasteiger partial charge in [0, 0.05) is 29.9 Å². The zero-order valence-electron chi connectivity index (χ0n) is 15.1. The molecule has 1 saturated heterocycles. The molecule has 0 saturated carbocycles. The second-order valence-corrected chi connectivity index (χ2v) is 6.56. The lowest BCUT2D eigenvalue weighted by Gasteiger charge is -2.22. The van der Waals surface area contributed by atoms with Crippen molar-refractivity contribution < 1.29 is 18.3 Å². The van der Waals surface area contributed by atoms with Gasteiger partial charge in [0.1, 0.15) is 5.75 Å². The Balaban J connectivity index is 1.68. The molecule has 142 valence electrons. The van der Waals surface area contributed by atoms with Gasteiger partial charge in [-0.3, -0.25) is 4.79 Å². The number of para-hydroxylation sites is 1. The van der Waals surface area contributed by atoms with Crippen LogP contribution < -0.4 is 9.64 Å². The van der Waals surface area contributed by atoms with E-state index in [1.165, 1.54) is 43.9 Å². The molecule has 3 rings (SSSR count). The van der Waals surface area contributed by atoms with Gasteiger partial charge in [-0.1, -0.05) is 31.0 Å². The van der Waals surface area contributed by atoms with Gasteiger partial charge in [-0.2, -0.15) is 8.78 Å². The molecule has 0 bridgehead atoms. The highest BCUT2D eigenvalue weighted by Gasteiger charge is 2.11. The predicted molar refractivity (Wildman–Crippen MR) is 104 cm³/mol. The van der Waals surface area contributed by atoms with Crippen molar-refractivity contribution in [1.29, 1.82) is 0 Å². The number of ketones is 1. The van der Waals surface area contributed by atoms with Crippen LogP contribution in [-0.2, 0) is 0 Å². The summed E-state index contributed by atoms with van der Waals surface area (Å²) in [5, 5.41) is 0. The molecule has 1 aliphatic rings. The number of carbonyl (C=O) groups is 1. The van der Waals surface area contributed by atoms with Crippen molar-refractivity contribution in [2.75, 3.05) is 18.0 Å². The van der Waals surface area contributed by atoms with Crippen molar-refractivity contribution in [3.8, 4) is 5.75 Å². The first-order chi connectivity index (χ1) is 13.1. The summed E-state index contributed by atoms with van der Waals surface area (Å²) in [4.78, 5) is 14.8. The van der Waals surface area contributed by atoms with Crippen LogP contribution in [0.5, 0.6) is 5.75 Å².